The van der Waals surface area contributed by atoms with Gasteiger partial charge >= 0.3 is 11.9 Å². The summed E-state index contributed by atoms with van der Waals surface area (Å²) >= 11 is 0. The van der Waals surface area contributed by atoms with Gasteiger partial charge in [-0.25, -0.2) is 4.79 Å². The number of ether oxygens (including phenoxy) is 1. The van der Waals surface area contributed by atoms with Gasteiger partial charge in [0.1, 0.15) is 5.92 Å². The van der Waals surface area contributed by atoms with Crippen LogP contribution < -0.4 is 15.3 Å². The number of esters is 1. The molecular formula is C18H20N2O6. The van der Waals surface area contributed by atoms with Crippen molar-refractivity contribution in [3.63, 3.8) is 0 Å². The Morgan fingerprint density at radius 2 is 2.00 bits per heavy atom. The van der Waals surface area contributed by atoms with Gasteiger partial charge in [0.05, 0.1) is 11.7 Å². The van der Waals surface area contributed by atoms with Crippen molar-refractivity contribution < 1.29 is 29.1 Å². The molecule has 26 heavy (non-hydrogen) atoms. The number of hydrogen-bond donors (Lipinski definition) is 2. The highest BCUT2D eigenvalue weighted by Crippen LogP contribution is 2.46. The molecule has 0 amide bonds. The fraction of sp³-hybridized carbons (Fsp3) is 0.389. The number of rotatable bonds is 4. The number of carboxylic acid groups (broad SMARTS) is 1. The molecule has 2 aliphatic rings. The lowest BCUT2D eigenvalue weighted by Gasteiger charge is -2.31. The van der Waals surface area contributed by atoms with Crippen LogP contribution >= 0.6 is 0 Å². The lowest BCUT2D eigenvalue weighted by molar-refractivity contribution is -0.143. The molecule has 8 heteroatoms. The number of nitrogens with zero attached hydrogens (tertiary/aromatic N) is 1. The number of hydrogen-bond acceptors (Lipinski definition) is 7. The van der Waals surface area contributed by atoms with Gasteiger partial charge in [0.2, 0.25) is 0 Å². The van der Waals surface area contributed by atoms with Crippen LogP contribution in [0.4, 0.5) is 0 Å². The van der Waals surface area contributed by atoms with E-state index in [1.807, 2.05) is 0 Å². The van der Waals surface area contributed by atoms with Crippen molar-refractivity contribution in [1.29, 1.82) is 0 Å². The zero-order chi connectivity index (χ0) is 19.0. The van der Waals surface area contributed by atoms with Crippen molar-refractivity contribution in [3.8, 4) is 11.5 Å². The molecule has 0 bridgehead atoms. The van der Waals surface area contributed by atoms with E-state index < -0.39 is 23.8 Å². The zero-order valence-electron chi connectivity index (χ0n) is 14.9. The molecule has 138 valence electrons. The summed E-state index contributed by atoms with van der Waals surface area (Å²) in [4.78, 5) is 39.5. The maximum Gasteiger partial charge on any atom is 0.336 e. The Labute approximate surface area is 150 Å². The van der Waals surface area contributed by atoms with Crippen LogP contribution in [0.2, 0.25) is 0 Å². The molecule has 2 atom stereocenters. The van der Waals surface area contributed by atoms with Crippen LogP contribution in [0.15, 0.2) is 34.5 Å². The zero-order valence-corrected chi connectivity index (χ0v) is 14.9. The number of aliphatic carboxylic acids is 1. The molecule has 2 N–H and O–H groups in total. The topological polar surface area (TPSA) is 106 Å². The number of benzene rings is 1. The van der Waals surface area contributed by atoms with Crippen LogP contribution in [0.3, 0.4) is 0 Å². The van der Waals surface area contributed by atoms with Gasteiger partial charge in [0.25, 0.3) is 0 Å². The Hall–Kier alpha value is -2.87. The van der Waals surface area contributed by atoms with E-state index in [0.29, 0.717) is 28.5 Å². The molecule has 0 saturated heterocycles. The molecule has 0 aliphatic carbocycles. The van der Waals surface area contributed by atoms with E-state index >= 15 is 0 Å². The van der Waals surface area contributed by atoms with Crippen molar-refractivity contribution in [3.05, 3.63) is 35.0 Å². The first kappa shape index (κ1) is 17.9. The smallest absolute Gasteiger partial charge is 0.336 e. The van der Waals surface area contributed by atoms with E-state index in [1.165, 1.54) is 0 Å². The lowest BCUT2D eigenvalue weighted by Crippen LogP contribution is -2.36. The Balaban J connectivity index is 2.19. The summed E-state index contributed by atoms with van der Waals surface area (Å²) in [5, 5.41) is 9.81. The second-order valence-electron chi connectivity index (χ2n) is 6.46. The molecular weight excluding hydrogens is 340 g/mol. The standard InChI is InChI=1S/C18H20N2O6/c1-8(2)24-18(23)14-10(4)19-9(3)13(17(21)22)15(14)11-6-5-7-12-16(11)26-20-25-12/h5-8,13,15,20H,1-4H3,(H,21,22). The largest absolute Gasteiger partial charge is 0.481 e. The van der Waals surface area contributed by atoms with Crippen molar-refractivity contribution in [2.75, 3.05) is 0 Å². The Bertz CT molecular complexity index is 827. The van der Waals surface area contributed by atoms with Crippen molar-refractivity contribution in [2.45, 2.75) is 39.7 Å². The minimum Gasteiger partial charge on any atom is -0.481 e. The Morgan fingerprint density at radius 3 is 2.65 bits per heavy atom. The number of fused-ring (bicyclic) bond motifs is 1. The normalized spacial score (nSPS) is 21.7. The molecule has 1 aromatic rings. The van der Waals surface area contributed by atoms with Gasteiger partial charge in [0.15, 0.2) is 11.5 Å². The first-order valence-electron chi connectivity index (χ1n) is 8.22. The minimum absolute atomic E-state index is 0.209. The van der Waals surface area contributed by atoms with Gasteiger partial charge in [-0.3, -0.25) is 9.79 Å². The highest BCUT2D eigenvalue weighted by Gasteiger charge is 2.44. The molecule has 0 fully saturated rings. The summed E-state index contributed by atoms with van der Waals surface area (Å²) in [6.07, 6.45) is -0.346. The van der Waals surface area contributed by atoms with Crippen LogP contribution in [0.1, 0.15) is 39.2 Å². The summed E-state index contributed by atoms with van der Waals surface area (Å²) in [5.74, 6) is -2.74. The number of carbonyl (C=O) groups is 2. The number of carboxylic acids is 1. The second kappa shape index (κ2) is 6.80. The average Bonchev–Trinajstić information content (AvgIpc) is 3.01. The van der Waals surface area contributed by atoms with E-state index in [0.717, 1.165) is 0 Å². The molecule has 2 heterocycles. The molecule has 0 aromatic heterocycles. The summed E-state index contributed by atoms with van der Waals surface area (Å²) < 4.78 is 5.35. The van der Waals surface area contributed by atoms with Crippen LogP contribution in [0.25, 0.3) is 0 Å². The number of nitrogens with one attached hydrogen (secondary N) is 1. The van der Waals surface area contributed by atoms with Crippen LogP contribution in [-0.4, -0.2) is 28.9 Å². The molecule has 0 radical (unpaired) electrons. The fourth-order valence-electron chi connectivity index (χ4n) is 3.31. The first-order valence-corrected chi connectivity index (χ1v) is 8.22. The van der Waals surface area contributed by atoms with E-state index in [2.05, 4.69) is 10.6 Å². The quantitative estimate of drug-likeness (QED) is 0.794. The number of allylic oxidation sites excluding steroid dienone is 1. The monoisotopic (exact) mass is 360 g/mol. The summed E-state index contributed by atoms with van der Waals surface area (Å²) in [6, 6.07) is 5.11. The molecule has 0 spiro atoms. The Morgan fingerprint density at radius 1 is 1.27 bits per heavy atom. The van der Waals surface area contributed by atoms with Crippen LogP contribution in [0.5, 0.6) is 11.5 Å². The highest BCUT2D eigenvalue weighted by molar-refractivity contribution is 6.06. The summed E-state index contributed by atoms with van der Waals surface area (Å²) in [6.45, 7) is 6.77. The molecule has 8 nitrogen and oxygen atoms in total. The SMILES string of the molecule is CC1=NC(C)=C(C(=O)OC(C)C)C(c2cccc3c2ONO3)C1C(=O)O. The number of aliphatic imine (C=N–C) groups is 1. The van der Waals surface area contributed by atoms with Gasteiger partial charge in [-0.05, 0) is 33.8 Å². The van der Waals surface area contributed by atoms with Crippen LogP contribution in [0, 0.1) is 5.92 Å². The maximum absolute atomic E-state index is 12.7. The van der Waals surface area contributed by atoms with Crippen LogP contribution in [-0.2, 0) is 14.3 Å². The second-order valence-corrected chi connectivity index (χ2v) is 6.46. The number of para-hydroxylation sites is 1. The molecule has 1 aromatic carbocycles. The number of carbonyl (C=O) groups excluding carboxylic acids is 1. The lowest BCUT2D eigenvalue weighted by atomic mass is 9.75. The highest BCUT2D eigenvalue weighted by atomic mass is 16.9. The molecule has 3 rings (SSSR count). The fourth-order valence-corrected chi connectivity index (χ4v) is 3.31. The third-order valence-electron chi connectivity index (χ3n) is 4.30. The van der Waals surface area contributed by atoms with E-state index in [4.69, 9.17) is 14.4 Å². The third-order valence-corrected chi connectivity index (χ3v) is 4.30. The molecule has 0 saturated carbocycles. The summed E-state index contributed by atoms with van der Waals surface area (Å²) in [7, 11) is 0. The third kappa shape index (κ3) is 3.03. The summed E-state index contributed by atoms with van der Waals surface area (Å²) in [5.41, 5.74) is 3.87. The van der Waals surface area contributed by atoms with E-state index in [9.17, 15) is 14.7 Å². The van der Waals surface area contributed by atoms with Gasteiger partial charge < -0.3 is 19.5 Å². The van der Waals surface area contributed by atoms with Crippen molar-refractivity contribution >= 4 is 17.7 Å². The van der Waals surface area contributed by atoms with Gasteiger partial charge in [-0.1, -0.05) is 12.1 Å². The van der Waals surface area contributed by atoms with Crippen molar-refractivity contribution in [2.24, 2.45) is 10.9 Å². The van der Waals surface area contributed by atoms with Gasteiger partial charge in [-0.2, -0.15) is 0 Å². The van der Waals surface area contributed by atoms with Gasteiger partial charge in [0, 0.05) is 28.5 Å². The molecule has 2 unspecified atom stereocenters. The Kier molecular flexibility index (Phi) is 4.69. The maximum atomic E-state index is 12.7. The predicted octanol–water partition coefficient (Wildman–Crippen LogP) is 2.36. The predicted molar refractivity (Wildman–Crippen MR) is 91.7 cm³/mol. The first-order chi connectivity index (χ1) is 12.3. The minimum atomic E-state index is -1.08. The average molecular weight is 360 g/mol. The van der Waals surface area contributed by atoms with E-state index in [-0.39, 0.29) is 11.7 Å². The van der Waals surface area contributed by atoms with E-state index in [1.54, 1.807) is 45.9 Å². The van der Waals surface area contributed by atoms with Crippen molar-refractivity contribution in [1.82, 2.24) is 5.64 Å². The van der Waals surface area contributed by atoms with Gasteiger partial charge in [-0.15, -0.1) is 0 Å². The molecule has 2 aliphatic heterocycles.